The van der Waals surface area contributed by atoms with Crippen molar-refractivity contribution >= 4 is 6.09 Å². The molecule has 0 saturated carbocycles. The maximum Gasteiger partial charge on any atom is 0.434 e. The maximum absolute atomic E-state index is 12.5. The monoisotopic (exact) mass is 388 g/mol. The minimum atomic E-state index is -5.71. The SMILES string of the molecule is Cc1nn(C)cc1CN1CCN(C(=O)OC(C(F)(F)F)C(F)(F)F)CC1. The highest BCUT2D eigenvalue weighted by Crippen LogP contribution is 2.36. The summed E-state index contributed by atoms with van der Waals surface area (Å²) in [4.78, 5) is 14.5. The van der Waals surface area contributed by atoms with E-state index in [1.165, 1.54) is 0 Å². The molecule has 0 bridgehead atoms. The summed E-state index contributed by atoms with van der Waals surface area (Å²) in [6.45, 7) is 2.90. The fourth-order valence-corrected chi connectivity index (χ4v) is 2.63. The first kappa shape index (κ1) is 20.3. The van der Waals surface area contributed by atoms with E-state index in [1.807, 2.05) is 18.0 Å². The van der Waals surface area contributed by atoms with Crippen LogP contribution in [0.4, 0.5) is 31.1 Å². The van der Waals surface area contributed by atoms with E-state index in [2.05, 4.69) is 9.84 Å². The number of aromatic nitrogens is 2. The molecule has 1 saturated heterocycles. The molecule has 1 aliphatic heterocycles. The van der Waals surface area contributed by atoms with Crippen molar-refractivity contribution in [1.29, 1.82) is 0 Å². The van der Waals surface area contributed by atoms with Crippen molar-refractivity contribution in [3.63, 3.8) is 0 Å². The van der Waals surface area contributed by atoms with Crippen LogP contribution in [0, 0.1) is 6.92 Å². The number of carbonyl (C=O) groups excluding carboxylic acids is 1. The van der Waals surface area contributed by atoms with Gasteiger partial charge < -0.3 is 9.64 Å². The van der Waals surface area contributed by atoms with Crippen LogP contribution in [0.25, 0.3) is 0 Å². The van der Waals surface area contributed by atoms with Crippen molar-refractivity contribution in [2.24, 2.45) is 7.05 Å². The normalized spacial score (nSPS) is 17.0. The first-order chi connectivity index (χ1) is 11.9. The van der Waals surface area contributed by atoms with Gasteiger partial charge in [0.05, 0.1) is 5.69 Å². The predicted molar refractivity (Wildman–Crippen MR) is 77.2 cm³/mol. The lowest BCUT2D eigenvalue weighted by atomic mass is 10.2. The standard InChI is InChI=1S/C14H18F6N4O2/c1-9-10(7-22(2)21-9)8-23-3-5-24(6-4-23)12(25)26-11(13(15,16)17)14(18,19)20/h7,11H,3-6,8H2,1-2H3. The molecular formula is C14H18F6N4O2. The van der Waals surface area contributed by atoms with Crippen LogP contribution in [-0.2, 0) is 18.3 Å². The number of ether oxygens (including phenoxy) is 1. The number of alkyl halides is 6. The van der Waals surface area contributed by atoms with Gasteiger partial charge in [-0.05, 0) is 6.92 Å². The van der Waals surface area contributed by atoms with Crippen molar-refractivity contribution in [1.82, 2.24) is 19.6 Å². The van der Waals surface area contributed by atoms with Gasteiger partial charge in [0.1, 0.15) is 0 Å². The molecule has 1 amide bonds. The third-order valence-electron chi connectivity index (χ3n) is 3.95. The molecule has 1 aliphatic rings. The van der Waals surface area contributed by atoms with Gasteiger partial charge >= 0.3 is 18.4 Å². The highest BCUT2D eigenvalue weighted by molar-refractivity contribution is 5.68. The molecule has 0 aromatic carbocycles. The van der Waals surface area contributed by atoms with E-state index in [-0.39, 0.29) is 13.1 Å². The average Bonchev–Trinajstić information content (AvgIpc) is 2.80. The average molecular weight is 388 g/mol. The van der Waals surface area contributed by atoms with Gasteiger partial charge in [0, 0.05) is 51.5 Å². The Labute approximate surface area is 145 Å². The molecule has 0 aliphatic carbocycles. The summed E-state index contributed by atoms with van der Waals surface area (Å²) in [5.74, 6) is 0. The molecule has 0 spiro atoms. The van der Waals surface area contributed by atoms with Gasteiger partial charge in [-0.2, -0.15) is 31.4 Å². The van der Waals surface area contributed by atoms with Crippen molar-refractivity contribution in [2.45, 2.75) is 31.9 Å². The van der Waals surface area contributed by atoms with Gasteiger partial charge in [0.15, 0.2) is 0 Å². The van der Waals surface area contributed by atoms with Gasteiger partial charge in [-0.1, -0.05) is 0 Å². The molecule has 148 valence electrons. The molecule has 0 radical (unpaired) electrons. The Kier molecular flexibility index (Phi) is 5.73. The molecule has 12 heteroatoms. The Morgan fingerprint density at radius 1 is 1.15 bits per heavy atom. The smallest absolute Gasteiger partial charge is 0.426 e. The van der Waals surface area contributed by atoms with Crippen molar-refractivity contribution in [2.75, 3.05) is 26.2 Å². The minimum absolute atomic E-state index is 0.0272. The molecule has 2 rings (SSSR count). The number of piperazine rings is 1. The Bertz CT molecular complexity index is 620. The van der Waals surface area contributed by atoms with Crippen LogP contribution in [0.3, 0.4) is 0 Å². The van der Waals surface area contributed by atoms with Crippen molar-refractivity contribution < 1.29 is 35.9 Å². The van der Waals surface area contributed by atoms with Crippen LogP contribution >= 0.6 is 0 Å². The zero-order chi connectivity index (χ0) is 19.7. The van der Waals surface area contributed by atoms with Crippen LogP contribution in [-0.4, -0.2) is 70.3 Å². The lowest BCUT2D eigenvalue weighted by Crippen LogP contribution is -2.52. The fraction of sp³-hybridized carbons (Fsp3) is 0.714. The highest BCUT2D eigenvalue weighted by atomic mass is 19.4. The van der Waals surface area contributed by atoms with E-state index in [9.17, 15) is 31.1 Å². The van der Waals surface area contributed by atoms with Crippen molar-refractivity contribution in [3.8, 4) is 0 Å². The van der Waals surface area contributed by atoms with Crippen LogP contribution < -0.4 is 0 Å². The second-order valence-corrected chi connectivity index (χ2v) is 6.02. The minimum Gasteiger partial charge on any atom is -0.426 e. The summed E-state index contributed by atoms with van der Waals surface area (Å²) in [7, 11) is 1.77. The number of halogens is 6. The molecule has 1 aromatic rings. The molecule has 0 unspecified atom stereocenters. The molecule has 6 nitrogen and oxygen atoms in total. The summed E-state index contributed by atoms with van der Waals surface area (Å²) in [5, 5.41) is 4.19. The number of hydrogen-bond donors (Lipinski definition) is 0. The summed E-state index contributed by atoms with van der Waals surface area (Å²) >= 11 is 0. The Morgan fingerprint density at radius 3 is 2.12 bits per heavy atom. The van der Waals surface area contributed by atoms with E-state index in [4.69, 9.17) is 0 Å². The number of rotatable bonds is 3. The van der Waals surface area contributed by atoms with Gasteiger partial charge in [0.25, 0.3) is 6.10 Å². The van der Waals surface area contributed by atoms with Gasteiger partial charge in [0.2, 0.25) is 0 Å². The van der Waals surface area contributed by atoms with E-state index in [1.54, 1.807) is 11.7 Å². The van der Waals surface area contributed by atoms with Gasteiger partial charge in [-0.3, -0.25) is 9.58 Å². The van der Waals surface area contributed by atoms with E-state index in [0.717, 1.165) is 16.2 Å². The van der Waals surface area contributed by atoms with E-state index in [0.29, 0.717) is 19.6 Å². The van der Waals surface area contributed by atoms with E-state index >= 15 is 0 Å². The van der Waals surface area contributed by atoms with Crippen LogP contribution in [0.2, 0.25) is 0 Å². The largest absolute Gasteiger partial charge is 0.434 e. The predicted octanol–water partition coefficient (Wildman–Crippen LogP) is 2.48. The van der Waals surface area contributed by atoms with Gasteiger partial charge in [-0.15, -0.1) is 0 Å². The summed E-state index contributed by atoms with van der Waals surface area (Å²) in [5.41, 5.74) is 1.78. The molecule has 26 heavy (non-hydrogen) atoms. The topological polar surface area (TPSA) is 50.6 Å². The number of carbonyl (C=O) groups is 1. The molecule has 1 aromatic heterocycles. The zero-order valence-electron chi connectivity index (χ0n) is 14.1. The Balaban J connectivity index is 1.90. The third kappa shape index (κ3) is 5.02. The number of aryl methyl sites for hydroxylation is 2. The van der Waals surface area contributed by atoms with Crippen LogP contribution in [0.1, 0.15) is 11.3 Å². The quantitative estimate of drug-likeness (QED) is 0.747. The Hall–Kier alpha value is -1.98. The first-order valence-corrected chi connectivity index (χ1v) is 7.68. The van der Waals surface area contributed by atoms with E-state index < -0.39 is 24.5 Å². The van der Waals surface area contributed by atoms with Crippen molar-refractivity contribution in [3.05, 3.63) is 17.5 Å². The maximum atomic E-state index is 12.5. The summed E-state index contributed by atoms with van der Waals surface area (Å²) in [6, 6.07) is 0. The summed E-state index contributed by atoms with van der Waals surface area (Å²) in [6.07, 6.45) is -15.4. The zero-order valence-corrected chi connectivity index (χ0v) is 14.1. The molecule has 0 N–H and O–H groups in total. The third-order valence-corrected chi connectivity index (χ3v) is 3.95. The Morgan fingerprint density at radius 2 is 1.69 bits per heavy atom. The molecular weight excluding hydrogens is 370 g/mol. The van der Waals surface area contributed by atoms with Gasteiger partial charge in [-0.25, -0.2) is 4.79 Å². The van der Waals surface area contributed by atoms with Crippen LogP contribution in [0.15, 0.2) is 6.20 Å². The second kappa shape index (κ2) is 7.33. The highest BCUT2D eigenvalue weighted by Gasteiger charge is 2.60. The molecule has 0 atom stereocenters. The molecule has 2 heterocycles. The summed E-state index contributed by atoms with van der Waals surface area (Å²) < 4.78 is 80.1. The lowest BCUT2D eigenvalue weighted by Gasteiger charge is -2.35. The number of nitrogens with zero attached hydrogens (tertiary/aromatic N) is 4. The fourth-order valence-electron chi connectivity index (χ4n) is 2.63. The van der Waals surface area contributed by atoms with Crippen LogP contribution in [0.5, 0.6) is 0 Å². The number of hydrogen-bond acceptors (Lipinski definition) is 4. The molecule has 1 fully saturated rings. The second-order valence-electron chi connectivity index (χ2n) is 6.02. The number of amides is 1. The first-order valence-electron chi connectivity index (χ1n) is 7.68. The lowest BCUT2D eigenvalue weighted by molar-refractivity contribution is -0.308.